The molecule has 1 atom stereocenters. The van der Waals surface area contributed by atoms with E-state index in [0.717, 1.165) is 36.2 Å². The fourth-order valence-corrected chi connectivity index (χ4v) is 2.63. The van der Waals surface area contributed by atoms with Gasteiger partial charge in [-0.2, -0.15) is 10.4 Å². The lowest BCUT2D eigenvalue weighted by atomic mass is 10.0. The van der Waals surface area contributed by atoms with Crippen LogP contribution < -0.4 is 10.6 Å². The van der Waals surface area contributed by atoms with Crippen molar-refractivity contribution >= 4 is 17.4 Å². The number of nitriles is 1. The van der Waals surface area contributed by atoms with Crippen molar-refractivity contribution < 1.29 is 4.79 Å². The molecule has 6 heteroatoms. The highest BCUT2D eigenvalue weighted by Gasteiger charge is 2.15. The monoisotopic (exact) mass is 351 g/mol. The second kappa shape index (κ2) is 8.95. The van der Waals surface area contributed by atoms with Crippen LogP contribution in [0.25, 0.3) is 0 Å². The molecule has 1 aromatic carbocycles. The van der Waals surface area contributed by atoms with Gasteiger partial charge in [-0.1, -0.05) is 20.8 Å². The summed E-state index contributed by atoms with van der Waals surface area (Å²) in [5.41, 5.74) is 3.65. The maximum absolute atomic E-state index is 12.1. The zero-order chi connectivity index (χ0) is 19.1. The summed E-state index contributed by atoms with van der Waals surface area (Å²) in [6.45, 7) is 8.01. The van der Waals surface area contributed by atoms with Crippen LogP contribution in [-0.2, 0) is 12.8 Å². The lowest BCUT2D eigenvalue weighted by molar-refractivity contribution is 0.0939. The minimum absolute atomic E-state index is 0.0935. The summed E-state index contributed by atoms with van der Waals surface area (Å²) in [5.74, 6) is 0.349. The summed E-state index contributed by atoms with van der Waals surface area (Å²) in [6.07, 6.45) is 2.35. The molecule has 2 aromatic rings. The van der Waals surface area contributed by atoms with E-state index < -0.39 is 0 Å². The Morgan fingerprint density at radius 1 is 1.15 bits per heavy atom. The number of carbonyl (C=O) groups excluding carboxylic acids is 1. The highest BCUT2D eigenvalue weighted by Crippen LogP contribution is 2.23. The van der Waals surface area contributed by atoms with Crippen LogP contribution in [0.4, 0.5) is 11.5 Å². The lowest BCUT2D eigenvalue weighted by Crippen LogP contribution is -2.31. The smallest absolute Gasteiger partial charge is 0.251 e. The Labute approximate surface area is 154 Å². The van der Waals surface area contributed by atoms with Crippen molar-refractivity contribution in [2.24, 2.45) is 0 Å². The fraction of sp³-hybridized carbons (Fsp3) is 0.400. The number of amides is 1. The highest BCUT2D eigenvalue weighted by atomic mass is 16.1. The third kappa shape index (κ3) is 4.37. The van der Waals surface area contributed by atoms with Crippen LogP contribution in [0, 0.1) is 11.3 Å². The maximum atomic E-state index is 12.1. The summed E-state index contributed by atoms with van der Waals surface area (Å²) in [5, 5.41) is 24.0. The minimum atomic E-state index is -0.0935. The van der Waals surface area contributed by atoms with Gasteiger partial charge in [0.05, 0.1) is 5.69 Å². The molecule has 1 unspecified atom stereocenters. The number of aromatic nitrogens is 2. The standard InChI is InChI=1S/C20H25N5O/c1-5-13(4)22-20(26)14-8-10-15(11-9-14)23-19-17(12-21)16(6-2)18(7-3)24-25-19/h8-11,13H,5-7H2,1-4H3,(H,22,26)(H,23,25). The van der Waals surface area contributed by atoms with Crippen molar-refractivity contribution in [1.29, 1.82) is 5.26 Å². The number of nitrogens with one attached hydrogen (secondary N) is 2. The molecule has 0 spiro atoms. The van der Waals surface area contributed by atoms with Crippen LogP contribution in [-0.4, -0.2) is 22.1 Å². The zero-order valence-corrected chi connectivity index (χ0v) is 15.8. The van der Waals surface area contributed by atoms with Crippen molar-refractivity contribution in [2.45, 2.75) is 53.0 Å². The van der Waals surface area contributed by atoms with Gasteiger partial charge < -0.3 is 10.6 Å². The summed E-state index contributed by atoms with van der Waals surface area (Å²) in [6, 6.07) is 9.48. The first-order valence-corrected chi connectivity index (χ1v) is 9.00. The quantitative estimate of drug-likeness (QED) is 0.793. The Hall–Kier alpha value is -2.94. The summed E-state index contributed by atoms with van der Waals surface area (Å²) < 4.78 is 0. The van der Waals surface area contributed by atoms with Crippen LogP contribution in [0.3, 0.4) is 0 Å². The van der Waals surface area contributed by atoms with Crippen LogP contribution >= 0.6 is 0 Å². The Kier molecular flexibility index (Phi) is 6.67. The number of rotatable bonds is 7. The van der Waals surface area contributed by atoms with Gasteiger partial charge in [0.25, 0.3) is 5.91 Å². The van der Waals surface area contributed by atoms with Gasteiger partial charge >= 0.3 is 0 Å². The molecule has 0 saturated heterocycles. The molecule has 1 amide bonds. The van der Waals surface area contributed by atoms with E-state index in [2.05, 4.69) is 26.9 Å². The molecule has 136 valence electrons. The minimum Gasteiger partial charge on any atom is -0.350 e. The molecule has 1 heterocycles. The number of hydrogen-bond donors (Lipinski definition) is 2. The molecule has 0 aliphatic carbocycles. The molecule has 0 fully saturated rings. The van der Waals surface area contributed by atoms with Crippen molar-refractivity contribution in [3.63, 3.8) is 0 Å². The van der Waals surface area contributed by atoms with Gasteiger partial charge in [-0.05, 0) is 56.0 Å². The van der Waals surface area contributed by atoms with Gasteiger partial charge in [0.2, 0.25) is 0 Å². The molecular weight excluding hydrogens is 326 g/mol. The summed E-state index contributed by atoms with van der Waals surface area (Å²) in [4.78, 5) is 12.1. The molecule has 2 rings (SSSR count). The van der Waals surface area contributed by atoms with Crippen LogP contribution in [0.15, 0.2) is 24.3 Å². The molecule has 0 radical (unpaired) electrons. The Morgan fingerprint density at radius 3 is 2.38 bits per heavy atom. The van der Waals surface area contributed by atoms with Gasteiger partial charge in [-0.15, -0.1) is 5.10 Å². The molecule has 1 aromatic heterocycles. The molecule has 26 heavy (non-hydrogen) atoms. The van der Waals surface area contributed by atoms with E-state index in [1.165, 1.54) is 0 Å². The molecule has 2 N–H and O–H groups in total. The Bertz CT molecular complexity index is 808. The van der Waals surface area contributed by atoms with Crippen molar-refractivity contribution in [2.75, 3.05) is 5.32 Å². The van der Waals surface area contributed by atoms with E-state index >= 15 is 0 Å². The number of benzene rings is 1. The first kappa shape index (κ1) is 19.4. The fourth-order valence-electron chi connectivity index (χ4n) is 2.63. The molecule has 0 aliphatic heterocycles. The second-order valence-electron chi connectivity index (χ2n) is 6.15. The largest absolute Gasteiger partial charge is 0.350 e. The van der Waals surface area contributed by atoms with Gasteiger partial charge in [0.1, 0.15) is 11.6 Å². The van der Waals surface area contributed by atoms with E-state index in [9.17, 15) is 10.1 Å². The lowest BCUT2D eigenvalue weighted by Gasteiger charge is -2.13. The van der Waals surface area contributed by atoms with Gasteiger partial charge in [-0.25, -0.2) is 0 Å². The molecule has 6 nitrogen and oxygen atoms in total. The number of nitrogens with zero attached hydrogens (tertiary/aromatic N) is 3. The Balaban J connectivity index is 2.22. The maximum Gasteiger partial charge on any atom is 0.251 e. The van der Waals surface area contributed by atoms with E-state index in [1.807, 2.05) is 27.7 Å². The predicted molar refractivity (Wildman–Crippen MR) is 102 cm³/mol. The van der Waals surface area contributed by atoms with E-state index in [1.54, 1.807) is 24.3 Å². The van der Waals surface area contributed by atoms with Crippen molar-refractivity contribution in [3.8, 4) is 6.07 Å². The summed E-state index contributed by atoms with van der Waals surface area (Å²) >= 11 is 0. The third-order valence-corrected chi connectivity index (χ3v) is 4.36. The van der Waals surface area contributed by atoms with Crippen molar-refractivity contribution in [1.82, 2.24) is 15.5 Å². The van der Waals surface area contributed by atoms with Gasteiger partial charge in [-0.3, -0.25) is 4.79 Å². The van der Waals surface area contributed by atoms with Crippen LogP contribution in [0.5, 0.6) is 0 Å². The molecular formula is C20H25N5O. The Morgan fingerprint density at radius 2 is 1.85 bits per heavy atom. The number of carbonyl (C=O) groups is 1. The molecule has 0 saturated carbocycles. The van der Waals surface area contributed by atoms with E-state index in [4.69, 9.17) is 0 Å². The third-order valence-electron chi connectivity index (χ3n) is 4.36. The number of aryl methyl sites for hydroxylation is 1. The van der Waals surface area contributed by atoms with Crippen LogP contribution in [0.2, 0.25) is 0 Å². The van der Waals surface area contributed by atoms with Gasteiger partial charge in [0, 0.05) is 17.3 Å². The summed E-state index contributed by atoms with van der Waals surface area (Å²) in [7, 11) is 0. The van der Waals surface area contributed by atoms with E-state index in [0.29, 0.717) is 16.9 Å². The number of anilines is 2. The first-order valence-electron chi connectivity index (χ1n) is 9.00. The topological polar surface area (TPSA) is 90.7 Å². The first-order chi connectivity index (χ1) is 12.5. The van der Waals surface area contributed by atoms with Crippen molar-refractivity contribution in [3.05, 3.63) is 46.6 Å². The second-order valence-corrected chi connectivity index (χ2v) is 6.15. The SMILES string of the molecule is CCc1nnc(Nc2ccc(C(=O)NC(C)CC)cc2)c(C#N)c1CC. The average Bonchev–Trinajstić information content (AvgIpc) is 2.67. The zero-order valence-electron chi connectivity index (χ0n) is 15.8. The predicted octanol–water partition coefficient (Wildman–Crippen LogP) is 3.74. The average molecular weight is 351 g/mol. The number of hydrogen-bond acceptors (Lipinski definition) is 5. The molecule has 0 aliphatic rings. The highest BCUT2D eigenvalue weighted by molar-refractivity contribution is 5.94. The van der Waals surface area contributed by atoms with Gasteiger partial charge in [0.15, 0.2) is 5.82 Å². The van der Waals surface area contributed by atoms with Crippen LogP contribution in [0.1, 0.15) is 61.3 Å². The normalized spacial score (nSPS) is 11.5. The molecule has 0 bridgehead atoms. The van der Waals surface area contributed by atoms with E-state index in [-0.39, 0.29) is 11.9 Å².